The average Bonchev–Trinajstić information content (AvgIpc) is 3.06. The maximum absolute atomic E-state index is 13.4. The highest BCUT2D eigenvalue weighted by Crippen LogP contribution is 2.46. The molecule has 2 aromatic carbocycles. The average molecular weight is 409 g/mol. The number of amides is 1. The Hall–Kier alpha value is -2.15. The van der Waals surface area contributed by atoms with Gasteiger partial charge in [-0.05, 0) is 42.3 Å². The molecule has 3 rings (SSSR count). The summed E-state index contributed by atoms with van der Waals surface area (Å²) in [4.78, 5) is 13.9. The second-order valence-corrected chi connectivity index (χ2v) is 7.63. The second kappa shape index (κ2) is 8.90. The number of benzene rings is 2. The van der Waals surface area contributed by atoms with Crippen LogP contribution in [0.5, 0.6) is 5.75 Å². The third kappa shape index (κ3) is 4.63. The molecule has 2 aromatic rings. The quantitative estimate of drug-likeness (QED) is 0.521. The van der Waals surface area contributed by atoms with Gasteiger partial charge >= 0.3 is 6.18 Å². The van der Waals surface area contributed by atoms with Crippen LogP contribution >= 0.6 is 11.8 Å². The molecule has 0 saturated carbocycles. The number of hydrogen-bond acceptors (Lipinski definition) is 3. The Kier molecular flexibility index (Phi) is 6.54. The predicted octanol–water partition coefficient (Wildman–Crippen LogP) is 6.05. The summed E-state index contributed by atoms with van der Waals surface area (Å²) in [5, 5.41) is -0.707. The first-order chi connectivity index (χ1) is 13.4. The predicted molar refractivity (Wildman–Crippen MR) is 106 cm³/mol. The van der Waals surface area contributed by atoms with Crippen molar-refractivity contribution in [1.29, 1.82) is 0 Å². The van der Waals surface area contributed by atoms with E-state index < -0.39 is 17.1 Å². The Morgan fingerprint density at radius 2 is 1.82 bits per heavy atom. The lowest BCUT2D eigenvalue weighted by Crippen LogP contribution is -2.29. The molecule has 28 heavy (non-hydrogen) atoms. The molecule has 1 atom stereocenters. The summed E-state index contributed by atoms with van der Waals surface area (Å²) < 4.78 is 45.9. The van der Waals surface area contributed by atoms with Crippen LogP contribution in [0.1, 0.15) is 42.7 Å². The number of rotatable bonds is 7. The monoisotopic (exact) mass is 409 g/mol. The molecule has 0 aromatic heterocycles. The van der Waals surface area contributed by atoms with Crippen LogP contribution in [0.2, 0.25) is 0 Å². The summed E-state index contributed by atoms with van der Waals surface area (Å²) >= 11 is 1.21. The van der Waals surface area contributed by atoms with E-state index in [-0.39, 0.29) is 17.2 Å². The highest BCUT2D eigenvalue weighted by Gasteiger charge is 2.40. The van der Waals surface area contributed by atoms with Crippen molar-refractivity contribution in [3.05, 3.63) is 59.7 Å². The molecule has 0 bridgehead atoms. The van der Waals surface area contributed by atoms with Crippen molar-refractivity contribution in [2.24, 2.45) is 0 Å². The van der Waals surface area contributed by atoms with E-state index in [0.717, 1.165) is 25.3 Å². The van der Waals surface area contributed by atoms with Crippen molar-refractivity contribution < 1.29 is 22.7 Å². The summed E-state index contributed by atoms with van der Waals surface area (Å²) in [5.74, 6) is 0.626. The normalized spacial score (nSPS) is 17.2. The smallest absolute Gasteiger partial charge is 0.416 e. The van der Waals surface area contributed by atoms with E-state index in [9.17, 15) is 18.0 Å². The molecule has 0 N–H and O–H groups in total. The summed E-state index contributed by atoms with van der Waals surface area (Å²) in [7, 11) is 0. The molecule has 3 nitrogen and oxygen atoms in total. The van der Waals surface area contributed by atoms with Gasteiger partial charge in [-0.15, -0.1) is 11.8 Å². The highest BCUT2D eigenvalue weighted by molar-refractivity contribution is 8.00. The summed E-state index contributed by atoms with van der Waals surface area (Å²) in [6.07, 6.45) is -1.30. The van der Waals surface area contributed by atoms with Crippen molar-refractivity contribution in [3.8, 4) is 5.75 Å². The van der Waals surface area contributed by atoms with Gasteiger partial charge in [-0.2, -0.15) is 13.2 Å². The molecule has 1 amide bonds. The lowest BCUT2D eigenvalue weighted by molar-refractivity contribution is -0.138. The van der Waals surface area contributed by atoms with Gasteiger partial charge in [0, 0.05) is 5.69 Å². The Balaban J connectivity index is 1.82. The van der Waals surface area contributed by atoms with E-state index in [1.165, 1.54) is 28.8 Å². The number of ether oxygens (including phenoxy) is 1. The standard InChI is InChI=1S/C21H22F3NO2S/c1-2-3-6-13-27-16-11-9-15(10-12-16)25-19(26)14-28-20(25)17-7-4-5-8-18(17)21(22,23)24/h4-5,7-12,20H,2-3,6,13-14H2,1H3/t20-/m0/s1. The minimum Gasteiger partial charge on any atom is -0.494 e. The summed E-state index contributed by atoms with van der Waals surface area (Å²) in [6.45, 7) is 2.74. The van der Waals surface area contributed by atoms with E-state index in [4.69, 9.17) is 4.74 Å². The SMILES string of the molecule is CCCCCOc1ccc(N2C(=O)CS[C@H]2c2ccccc2C(F)(F)F)cc1. The zero-order valence-corrected chi connectivity index (χ0v) is 16.4. The highest BCUT2D eigenvalue weighted by atomic mass is 32.2. The van der Waals surface area contributed by atoms with E-state index in [1.807, 2.05) is 0 Å². The molecule has 0 unspecified atom stereocenters. The van der Waals surface area contributed by atoms with Crippen LogP contribution in [0.4, 0.5) is 18.9 Å². The number of thioether (sulfide) groups is 1. The third-order valence-electron chi connectivity index (χ3n) is 4.53. The molecule has 0 aliphatic carbocycles. The van der Waals surface area contributed by atoms with Crippen LogP contribution in [-0.2, 0) is 11.0 Å². The van der Waals surface area contributed by atoms with Crippen molar-refractivity contribution in [2.45, 2.75) is 37.7 Å². The summed E-state index contributed by atoms with van der Waals surface area (Å²) in [6, 6.07) is 12.4. The van der Waals surface area contributed by atoms with Gasteiger partial charge in [-0.3, -0.25) is 9.69 Å². The van der Waals surface area contributed by atoms with Crippen molar-refractivity contribution in [2.75, 3.05) is 17.3 Å². The van der Waals surface area contributed by atoms with Gasteiger partial charge in [0.2, 0.25) is 5.91 Å². The van der Waals surface area contributed by atoms with Gasteiger partial charge in [-0.25, -0.2) is 0 Å². The van der Waals surface area contributed by atoms with Gasteiger partial charge < -0.3 is 4.74 Å². The number of nitrogens with zero attached hydrogens (tertiary/aromatic N) is 1. The van der Waals surface area contributed by atoms with Gasteiger partial charge in [0.05, 0.1) is 17.9 Å². The molecule has 1 fully saturated rings. The maximum Gasteiger partial charge on any atom is 0.416 e. The fourth-order valence-corrected chi connectivity index (χ4v) is 4.36. The Morgan fingerprint density at radius 3 is 2.50 bits per heavy atom. The van der Waals surface area contributed by atoms with Crippen LogP contribution in [0.3, 0.4) is 0 Å². The first kappa shape index (κ1) is 20.6. The van der Waals surface area contributed by atoms with Crippen molar-refractivity contribution in [1.82, 2.24) is 0 Å². The number of halogens is 3. The van der Waals surface area contributed by atoms with Crippen LogP contribution in [-0.4, -0.2) is 18.3 Å². The molecule has 1 aliphatic rings. The molecule has 7 heteroatoms. The van der Waals surface area contributed by atoms with Crippen LogP contribution in [0.25, 0.3) is 0 Å². The van der Waals surface area contributed by atoms with Crippen molar-refractivity contribution in [3.63, 3.8) is 0 Å². The number of alkyl halides is 3. The Bertz CT molecular complexity index is 808. The van der Waals surface area contributed by atoms with Gasteiger partial charge in [0.1, 0.15) is 11.1 Å². The first-order valence-corrected chi connectivity index (χ1v) is 10.3. The molecule has 1 saturated heterocycles. The topological polar surface area (TPSA) is 29.5 Å². The van der Waals surface area contributed by atoms with Crippen LogP contribution in [0, 0.1) is 0 Å². The molecule has 1 aliphatic heterocycles. The first-order valence-electron chi connectivity index (χ1n) is 9.24. The van der Waals surface area contributed by atoms with E-state index >= 15 is 0 Å². The zero-order valence-electron chi connectivity index (χ0n) is 15.5. The Labute approximate surface area is 166 Å². The molecule has 150 valence electrons. The molecular formula is C21H22F3NO2S. The van der Waals surface area contributed by atoms with E-state index in [0.29, 0.717) is 18.0 Å². The molecule has 0 radical (unpaired) electrons. The zero-order chi connectivity index (χ0) is 20.1. The lowest BCUT2D eigenvalue weighted by Gasteiger charge is -2.26. The number of hydrogen-bond donors (Lipinski definition) is 0. The van der Waals surface area contributed by atoms with Gasteiger partial charge in [0.25, 0.3) is 0 Å². The molecular weight excluding hydrogens is 387 g/mol. The Morgan fingerprint density at radius 1 is 1.11 bits per heavy atom. The van der Waals surface area contributed by atoms with E-state index in [1.54, 1.807) is 30.3 Å². The maximum atomic E-state index is 13.4. The van der Waals surface area contributed by atoms with E-state index in [2.05, 4.69) is 6.92 Å². The minimum atomic E-state index is -4.47. The van der Waals surface area contributed by atoms with Crippen LogP contribution < -0.4 is 9.64 Å². The minimum absolute atomic E-state index is 0.103. The van der Waals surface area contributed by atoms with Gasteiger partial charge in [0.15, 0.2) is 0 Å². The summed E-state index contributed by atoms with van der Waals surface area (Å²) in [5.41, 5.74) is -0.0355. The van der Waals surface area contributed by atoms with Crippen molar-refractivity contribution >= 4 is 23.4 Å². The third-order valence-corrected chi connectivity index (χ3v) is 5.73. The lowest BCUT2D eigenvalue weighted by atomic mass is 10.1. The number of carbonyl (C=O) groups excluding carboxylic acids is 1. The fourth-order valence-electron chi connectivity index (χ4n) is 3.15. The number of carbonyl (C=O) groups is 1. The second-order valence-electron chi connectivity index (χ2n) is 6.56. The van der Waals surface area contributed by atoms with Crippen LogP contribution in [0.15, 0.2) is 48.5 Å². The number of anilines is 1. The molecule has 0 spiro atoms. The fraction of sp³-hybridized carbons (Fsp3) is 0.381. The molecule has 1 heterocycles. The largest absolute Gasteiger partial charge is 0.494 e. The number of unbranched alkanes of at least 4 members (excludes halogenated alkanes) is 2. The van der Waals surface area contributed by atoms with Gasteiger partial charge in [-0.1, -0.05) is 38.0 Å².